The Hall–Kier alpha value is -3.62. The van der Waals surface area contributed by atoms with Gasteiger partial charge in [-0.1, -0.05) is 5.16 Å². The summed E-state index contributed by atoms with van der Waals surface area (Å²) in [4.78, 5) is 19.5. The molecule has 0 saturated carbocycles. The van der Waals surface area contributed by atoms with E-state index in [-0.39, 0.29) is 30.3 Å². The minimum absolute atomic E-state index is 0.0506. The van der Waals surface area contributed by atoms with Crippen LogP contribution in [0.15, 0.2) is 47.0 Å². The molecular weight excluding hydrogens is 417 g/mol. The molecule has 2 aromatic carbocycles. The van der Waals surface area contributed by atoms with Crippen LogP contribution in [0.2, 0.25) is 0 Å². The van der Waals surface area contributed by atoms with Crippen LogP contribution in [-0.2, 0) is 6.61 Å². The first-order valence-corrected chi connectivity index (χ1v) is 10.3. The Morgan fingerprint density at radius 3 is 2.66 bits per heavy atom. The normalized spacial score (nSPS) is 16.0. The molecule has 1 aliphatic rings. The molecule has 2 heterocycles. The van der Waals surface area contributed by atoms with Gasteiger partial charge in [-0.3, -0.25) is 4.79 Å². The lowest BCUT2D eigenvalue weighted by Crippen LogP contribution is -2.39. The van der Waals surface area contributed by atoms with Crippen molar-refractivity contribution in [3.8, 4) is 17.2 Å². The van der Waals surface area contributed by atoms with Crippen molar-refractivity contribution < 1.29 is 27.9 Å². The van der Waals surface area contributed by atoms with Gasteiger partial charge in [0, 0.05) is 12.1 Å². The zero-order chi connectivity index (χ0) is 22.5. The number of carbonyl (C=O) groups excluding carboxylic acids is 1. The van der Waals surface area contributed by atoms with E-state index in [9.17, 15) is 9.18 Å². The summed E-state index contributed by atoms with van der Waals surface area (Å²) >= 11 is 0. The van der Waals surface area contributed by atoms with Crippen molar-refractivity contribution in [3.05, 3.63) is 65.6 Å². The maximum atomic E-state index is 13.3. The zero-order valence-electron chi connectivity index (χ0n) is 17.9. The van der Waals surface area contributed by atoms with Crippen molar-refractivity contribution in [2.24, 2.45) is 0 Å². The first kappa shape index (κ1) is 21.6. The van der Waals surface area contributed by atoms with E-state index in [4.69, 9.17) is 18.7 Å². The topological polar surface area (TPSA) is 86.9 Å². The predicted octanol–water partition coefficient (Wildman–Crippen LogP) is 4.17. The van der Waals surface area contributed by atoms with Crippen molar-refractivity contribution in [2.75, 3.05) is 20.8 Å². The minimum Gasteiger partial charge on any atom is -0.493 e. The Balaban J connectivity index is 1.49. The number of carbonyl (C=O) groups is 1. The quantitative estimate of drug-likeness (QED) is 0.544. The number of benzene rings is 2. The zero-order valence-corrected chi connectivity index (χ0v) is 17.9. The van der Waals surface area contributed by atoms with Crippen molar-refractivity contribution >= 4 is 5.91 Å². The second-order valence-corrected chi connectivity index (χ2v) is 7.37. The molecule has 1 fully saturated rings. The summed E-state index contributed by atoms with van der Waals surface area (Å²) in [5, 5.41) is 4.09. The van der Waals surface area contributed by atoms with Crippen LogP contribution in [-0.4, -0.2) is 41.7 Å². The van der Waals surface area contributed by atoms with Crippen LogP contribution in [0.4, 0.5) is 4.39 Å². The highest BCUT2D eigenvalue weighted by molar-refractivity contribution is 5.95. The van der Waals surface area contributed by atoms with Crippen molar-refractivity contribution in [2.45, 2.75) is 31.9 Å². The molecular formula is C23H24FN3O5. The predicted molar refractivity (Wildman–Crippen MR) is 112 cm³/mol. The number of nitrogens with zero attached hydrogens (tertiary/aromatic N) is 3. The summed E-state index contributed by atoms with van der Waals surface area (Å²) in [5.74, 6) is 1.80. The molecule has 168 valence electrons. The number of ether oxygens (including phenoxy) is 3. The largest absolute Gasteiger partial charge is 0.493 e. The number of rotatable bonds is 7. The van der Waals surface area contributed by atoms with E-state index in [1.165, 1.54) is 31.4 Å². The number of aromatic nitrogens is 2. The van der Waals surface area contributed by atoms with Gasteiger partial charge in [0.2, 0.25) is 0 Å². The van der Waals surface area contributed by atoms with Crippen LogP contribution < -0.4 is 14.2 Å². The van der Waals surface area contributed by atoms with Gasteiger partial charge in [0.15, 0.2) is 23.9 Å². The van der Waals surface area contributed by atoms with Crippen LogP contribution in [0.25, 0.3) is 0 Å². The summed E-state index contributed by atoms with van der Waals surface area (Å²) < 4.78 is 34.5. The van der Waals surface area contributed by atoms with Gasteiger partial charge in [0.1, 0.15) is 11.6 Å². The lowest BCUT2D eigenvalue weighted by atomic mass is 10.00. The highest BCUT2D eigenvalue weighted by Crippen LogP contribution is 2.33. The monoisotopic (exact) mass is 441 g/mol. The maximum absolute atomic E-state index is 13.3. The third-order valence-electron chi connectivity index (χ3n) is 5.35. The molecule has 0 aliphatic carbocycles. The summed E-state index contributed by atoms with van der Waals surface area (Å²) in [5.41, 5.74) is 0.498. The van der Waals surface area contributed by atoms with Gasteiger partial charge in [-0.25, -0.2) is 4.39 Å². The third-order valence-corrected chi connectivity index (χ3v) is 5.35. The lowest BCUT2D eigenvalue weighted by molar-refractivity contribution is 0.0596. The van der Waals surface area contributed by atoms with Crippen molar-refractivity contribution in [1.82, 2.24) is 15.0 Å². The average Bonchev–Trinajstić information content (AvgIpc) is 3.31. The molecule has 3 aromatic rings. The molecule has 8 nitrogen and oxygen atoms in total. The number of methoxy groups -OCH3 is 2. The molecule has 1 saturated heterocycles. The number of halogens is 1. The molecule has 1 aliphatic heterocycles. The summed E-state index contributed by atoms with van der Waals surface area (Å²) in [7, 11) is 3.08. The maximum Gasteiger partial charge on any atom is 0.264 e. The first-order chi connectivity index (χ1) is 15.6. The summed E-state index contributed by atoms with van der Waals surface area (Å²) in [6, 6.07) is 10.5. The second-order valence-electron chi connectivity index (χ2n) is 7.37. The van der Waals surface area contributed by atoms with E-state index < -0.39 is 0 Å². The number of hydrogen-bond donors (Lipinski definition) is 0. The Labute approximate surface area is 184 Å². The van der Waals surface area contributed by atoms with Crippen LogP contribution in [0.5, 0.6) is 17.2 Å². The fourth-order valence-electron chi connectivity index (χ4n) is 3.72. The van der Waals surface area contributed by atoms with Gasteiger partial charge < -0.3 is 23.6 Å². The molecule has 9 heteroatoms. The molecule has 0 N–H and O–H groups in total. The Morgan fingerprint density at radius 2 is 1.91 bits per heavy atom. The van der Waals surface area contributed by atoms with Crippen molar-refractivity contribution in [3.63, 3.8) is 0 Å². The van der Waals surface area contributed by atoms with Gasteiger partial charge in [-0.15, -0.1) is 0 Å². The Morgan fingerprint density at radius 1 is 1.12 bits per heavy atom. The standard InChI is InChI=1S/C23H24FN3O5/c1-29-19-11-6-15(13-20(19)30-2)23(28)27-12-4-3-5-18(27)22-25-21(32-26-22)14-31-17-9-7-16(24)8-10-17/h6-11,13,18H,3-5,12,14H2,1-2H3. The van der Waals surface area contributed by atoms with E-state index in [0.717, 1.165) is 19.3 Å². The van der Waals surface area contributed by atoms with Gasteiger partial charge >= 0.3 is 0 Å². The fourth-order valence-corrected chi connectivity index (χ4v) is 3.72. The molecule has 1 atom stereocenters. The number of amides is 1. The summed E-state index contributed by atoms with van der Waals surface area (Å²) in [6.07, 6.45) is 2.58. The lowest BCUT2D eigenvalue weighted by Gasteiger charge is -2.34. The average molecular weight is 441 g/mol. The molecule has 1 aromatic heterocycles. The molecule has 1 unspecified atom stereocenters. The van der Waals surface area contributed by atoms with E-state index in [1.807, 2.05) is 0 Å². The smallest absolute Gasteiger partial charge is 0.264 e. The highest BCUT2D eigenvalue weighted by atomic mass is 19.1. The molecule has 0 radical (unpaired) electrons. The number of piperidine rings is 1. The highest BCUT2D eigenvalue weighted by Gasteiger charge is 2.32. The third kappa shape index (κ3) is 4.66. The van der Waals surface area contributed by atoms with Crippen LogP contribution >= 0.6 is 0 Å². The van der Waals surface area contributed by atoms with E-state index in [0.29, 0.717) is 35.2 Å². The van der Waals surface area contributed by atoms with Crippen LogP contribution in [0.1, 0.15) is 47.4 Å². The van der Waals surface area contributed by atoms with Gasteiger partial charge in [-0.2, -0.15) is 4.98 Å². The van der Waals surface area contributed by atoms with Gasteiger partial charge in [0.05, 0.1) is 20.3 Å². The van der Waals surface area contributed by atoms with Gasteiger partial charge in [-0.05, 0) is 61.7 Å². The number of hydrogen-bond acceptors (Lipinski definition) is 7. The SMILES string of the molecule is COc1ccc(C(=O)N2CCCCC2c2noc(COc3ccc(F)cc3)n2)cc1OC. The molecule has 32 heavy (non-hydrogen) atoms. The van der Waals surface area contributed by atoms with Crippen molar-refractivity contribution in [1.29, 1.82) is 0 Å². The Kier molecular flexibility index (Phi) is 6.53. The molecule has 0 bridgehead atoms. The van der Waals surface area contributed by atoms with E-state index in [1.54, 1.807) is 30.2 Å². The van der Waals surface area contributed by atoms with Crippen LogP contribution in [0, 0.1) is 5.82 Å². The second kappa shape index (κ2) is 9.67. The van der Waals surface area contributed by atoms with E-state index >= 15 is 0 Å². The number of likely N-dealkylation sites (tertiary alicyclic amines) is 1. The molecule has 1 amide bonds. The molecule has 4 rings (SSSR count). The van der Waals surface area contributed by atoms with Gasteiger partial charge in [0.25, 0.3) is 11.8 Å². The summed E-state index contributed by atoms with van der Waals surface area (Å²) in [6.45, 7) is 0.642. The fraction of sp³-hybridized carbons (Fsp3) is 0.348. The molecule has 0 spiro atoms. The van der Waals surface area contributed by atoms with Crippen LogP contribution in [0.3, 0.4) is 0 Å². The minimum atomic E-state index is -0.339. The first-order valence-electron chi connectivity index (χ1n) is 10.3. The van der Waals surface area contributed by atoms with E-state index in [2.05, 4.69) is 10.1 Å². The Bertz CT molecular complexity index is 1070.